The molecule has 1 aromatic carbocycles. The Hall–Kier alpha value is -1.28. The van der Waals surface area contributed by atoms with Gasteiger partial charge in [0.05, 0.1) is 5.54 Å². The zero-order valence-corrected chi connectivity index (χ0v) is 13.3. The van der Waals surface area contributed by atoms with E-state index in [0.717, 1.165) is 5.92 Å². The molecule has 0 amide bonds. The first-order valence-electron chi connectivity index (χ1n) is 8.57. The van der Waals surface area contributed by atoms with E-state index in [1.807, 2.05) is 0 Å². The largest absolute Gasteiger partial charge is 0.357 e. The van der Waals surface area contributed by atoms with Gasteiger partial charge in [0.2, 0.25) is 0 Å². The summed E-state index contributed by atoms with van der Waals surface area (Å²) >= 11 is 0. The highest BCUT2D eigenvalue weighted by molar-refractivity contribution is 5.85. The van der Waals surface area contributed by atoms with Crippen LogP contribution in [0.15, 0.2) is 24.3 Å². The first-order valence-corrected chi connectivity index (χ1v) is 8.57. The van der Waals surface area contributed by atoms with Crippen molar-refractivity contribution in [2.24, 2.45) is 5.92 Å². The van der Waals surface area contributed by atoms with Crippen LogP contribution in [0.2, 0.25) is 0 Å². The number of nitrogens with zero attached hydrogens (tertiary/aromatic N) is 1. The number of nitrogens with one attached hydrogen (secondary N) is 1. The highest BCUT2D eigenvalue weighted by atomic mass is 15.2. The van der Waals surface area contributed by atoms with Gasteiger partial charge in [-0.2, -0.15) is 0 Å². The van der Waals surface area contributed by atoms with Crippen LogP contribution in [0.5, 0.6) is 0 Å². The van der Waals surface area contributed by atoms with E-state index in [-0.39, 0.29) is 5.54 Å². The van der Waals surface area contributed by atoms with E-state index in [9.17, 15) is 0 Å². The number of hydrogen-bond donors (Lipinski definition) is 1. The monoisotopic (exact) mass is 282 g/mol. The molecule has 0 spiro atoms. The van der Waals surface area contributed by atoms with Crippen LogP contribution in [-0.2, 0) is 12.0 Å². The minimum atomic E-state index is 0.219. The molecule has 1 N–H and O–H groups in total. The maximum atomic E-state index is 3.79. The maximum Gasteiger partial charge on any atom is 0.0586 e. The third-order valence-electron chi connectivity index (χ3n) is 6.00. The molecule has 1 fully saturated rings. The number of hydrogen-bond acceptors (Lipinski definition) is 1. The van der Waals surface area contributed by atoms with Crippen LogP contribution in [0.25, 0.3) is 10.9 Å². The number of H-pyrrole nitrogens is 1. The Bertz CT molecular complexity index is 657. The molecule has 2 heteroatoms. The average Bonchev–Trinajstić information content (AvgIpc) is 2.82. The van der Waals surface area contributed by atoms with Crippen LogP contribution in [0, 0.1) is 5.92 Å². The summed E-state index contributed by atoms with van der Waals surface area (Å²) in [4.78, 5) is 6.56. The van der Waals surface area contributed by atoms with Crippen LogP contribution < -0.4 is 0 Å². The van der Waals surface area contributed by atoms with E-state index in [4.69, 9.17) is 0 Å². The van der Waals surface area contributed by atoms with Crippen LogP contribution >= 0.6 is 0 Å². The lowest BCUT2D eigenvalue weighted by Crippen LogP contribution is -2.50. The number of piperidine rings is 1. The Balaban J connectivity index is 1.84. The summed E-state index contributed by atoms with van der Waals surface area (Å²) in [5.41, 5.74) is 4.64. The molecule has 0 saturated carbocycles. The number of benzene rings is 1. The molecule has 4 rings (SSSR count). The second-order valence-corrected chi connectivity index (χ2v) is 7.16. The Morgan fingerprint density at radius 3 is 3.05 bits per heavy atom. The summed E-state index contributed by atoms with van der Waals surface area (Å²) in [6, 6.07) is 8.85. The van der Waals surface area contributed by atoms with Crippen molar-refractivity contribution < 1.29 is 0 Å². The quantitative estimate of drug-likeness (QED) is 0.818. The minimum absolute atomic E-state index is 0.219. The van der Waals surface area contributed by atoms with Gasteiger partial charge < -0.3 is 4.98 Å². The number of aromatic nitrogens is 1. The molecule has 112 valence electrons. The van der Waals surface area contributed by atoms with Crippen molar-refractivity contribution in [3.8, 4) is 0 Å². The molecule has 2 aliphatic rings. The van der Waals surface area contributed by atoms with Crippen molar-refractivity contribution in [3.05, 3.63) is 35.5 Å². The number of aromatic amines is 1. The van der Waals surface area contributed by atoms with Crippen LogP contribution in [-0.4, -0.2) is 23.0 Å². The summed E-state index contributed by atoms with van der Waals surface area (Å²) in [5, 5.41) is 1.45. The van der Waals surface area contributed by atoms with Gasteiger partial charge in [0.25, 0.3) is 0 Å². The van der Waals surface area contributed by atoms with Gasteiger partial charge in [0.15, 0.2) is 0 Å². The van der Waals surface area contributed by atoms with Crippen molar-refractivity contribution in [2.75, 3.05) is 13.1 Å². The first-order chi connectivity index (χ1) is 10.2. The molecule has 0 aliphatic carbocycles. The van der Waals surface area contributed by atoms with E-state index in [1.54, 1.807) is 5.56 Å². The molecule has 21 heavy (non-hydrogen) atoms. The summed E-state index contributed by atoms with van der Waals surface area (Å²) in [6.07, 6.45) is 6.51. The number of aryl methyl sites for hydroxylation is 1. The Labute approximate surface area is 127 Å². The van der Waals surface area contributed by atoms with Crippen LogP contribution in [0.1, 0.15) is 50.8 Å². The van der Waals surface area contributed by atoms with Crippen molar-refractivity contribution in [1.29, 1.82) is 0 Å². The lowest BCUT2D eigenvalue weighted by atomic mass is 9.79. The molecular formula is C19H26N2. The van der Waals surface area contributed by atoms with Gasteiger partial charge in [-0.05, 0) is 56.7 Å². The molecule has 0 bridgehead atoms. The van der Waals surface area contributed by atoms with Gasteiger partial charge in [-0.3, -0.25) is 4.90 Å². The number of para-hydroxylation sites is 1. The van der Waals surface area contributed by atoms with E-state index in [2.05, 4.69) is 48.0 Å². The summed E-state index contributed by atoms with van der Waals surface area (Å²) in [6.45, 7) is 7.35. The third-order valence-corrected chi connectivity index (χ3v) is 6.00. The van der Waals surface area contributed by atoms with Gasteiger partial charge in [-0.1, -0.05) is 31.5 Å². The van der Waals surface area contributed by atoms with E-state index in [1.165, 1.54) is 61.8 Å². The predicted molar refractivity (Wildman–Crippen MR) is 88.6 cm³/mol. The molecule has 3 heterocycles. The SMILES string of the molecule is CCC1CCC2(C)c3[nH]c4ccccc4c3CCCN2C1. The molecular weight excluding hydrogens is 256 g/mol. The van der Waals surface area contributed by atoms with E-state index in [0.29, 0.717) is 0 Å². The Morgan fingerprint density at radius 1 is 1.33 bits per heavy atom. The van der Waals surface area contributed by atoms with Crippen molar-refractivity contribution in [1.82, 2.24) is 9.88 Å². The lowest BCUT2D eigenvalue weighted by molar-refractivity contribution is 0.0283. The fourth-order valence-electron chi connectivity index (χ4n) is 4.57. The Kier molecular flexibility index (Phi) is 3.11. The Morgan fingerprint density at radius 2 is 2.19 bits per heavy atom. The topological polar surface area (TPSA) is 19.0 Å². The van der Waals surface area contributed by atoms with Crippen molar-refractivity contribution in [2.45, 2.75) is 51.5 Å². The van der Waals surface area contributed by atoms with Crippen molar-refractivity contribution >= 4 is 10.9 Å². The normalized spacial score (nSPS) is 29.9. The van der Waals surface area contributed by atoms with Gasteiger partial charge in [0.1, 0.15) is 0 Å². The standard InChI is InChI=1S/C19H26N2/c1-3-14-10-11-19(2)18-16(8-6-12-21(19)13-14)15-7-4-5-9-17(15)20-18/h4-5,7,9,14,20H,3,6,8,10-13H2,1-2H3. The van der Waals surface area contributed by atoms with Crippen molar-refractivity contribution in [3.63, 3.8) is 0 Å². The molecule has 2 aromatic rings. The van der Waals surface area contributed by atoms with Crippen LogP contribution in [0.4, 0.5) is 0 Å². The minimum Gasteiger partial charge on any atom is -0.357 e. The van der Waals surface area contributed by atoms with E-state index < -0.39 is 0 Å². The first kappa shape index (κ1) is 13.4. The molecule has 2 nitrogen and oxygen atoms in total. The zero-order chi connectivity index (χ0) is 14.4. The van der Waals surface area contributed by atoms with Gasteiger partial charge >= 0.3 is 0 Å². The second kappa shape index (κ2) is 4.88. The highest BCUT2D eigenvalue weighted by Crippen LogP contribution is 2.44. The molecule has 0 radical (unpaired) electrons. The number of rotatable bonds is 1. The lowest BCUT2D eigenvalue weighted by Gasteiger charge is -2.46. The molecule has 2 unspecified atom stereocenters. The summed E-state index contributed by atoms with van der Waals surface area (Å²) in [7, 11) is 0. The fraction of sp³-hybridized carbons (Fsp3) is 0.579. The molecule has 1 aromatic heterocycles. The molecule has 2 aliphatic heterocycles. The van der Waals surface area contributed by atoms with Gasteiger partial charge in [-0.15, -0.1) is 0 Å². The smallest absolute Gasteiger partial charge is 0.0586 e. The summed E-state index contributed by atoms with van der Waals surface area (Å²) < 4.78 is 0. The highest BCUT2D eigenvalue weighted by Gasteiger charge is 2.42. The number of fused-ring (bicyclic) bond motifs is 5. The average molecular weight is 282 g/mol. The fourth-order valence-corrected chi connectivity index (χ4v) is 4.57. The van der Waals surface area contributed by atoms with E-state index >= 15 is 0 Å². The second-order valence-electron chi connectivity index (χ2n) is 7.16. The van der Waals surface area contributed by atoms with Gasteiger partial charge in [0, 0.05) is 23.1 Å². The van der Waals surface area contributed by atoms with Gasteiger partial charge in [-0.25, -0.2) is 0 Å². The third kappa shape index (κ3) is 1.96. The molecule has 2 atom stereocenters. The molecule has 1 saturated heterocycles. The predicted octanol–water partition coefficient (Wildman–Crippen LogP) is 4.45. The van der Waals surface area contributed by atoms with Crippen LogP contribution in [0.3, 0.4) is 0 Å². The summed E-state index contributed by atoms with van der Waals surface area (Å²) in [5.74, 6) is 0.893. The maximum absolute atomic E-state index is 3.79. The zero-order valence-electron chi connectivity index (χ0n) is 13.3.